The summed E-state index contributed by atoms with van der Waals surface area (Å²) in [6.45, 7) is 13.2. The van der Waals surface area contributed by atoms with Gasteiger partial charge in [0.25, 0.3) is 0 Å². The summed E-state index contributed by atoms with van der Waals surface area (Å²) < 4.78 is 2.19. The SMILES string of the molecule is CCc1c(C)nn(CCCCCCNC(C)C)c1C. The van der Waals surface area contributed by atoms with Crippen LogP contribution in [0.3, 0.4) is 0 Å². The zero-order valence-electron chi connectivity index (χ0n) is 13.4. The average Bonchev–Trinajstić information content (AvgIpc) is 2.62. The van der Waals surface area contributed by atoms with Gasteiger partial charge in [-0.1, -0.05) is 33.6 Å². The lowest BCUT2D eigenvalue weighted by molar-refractivity contribution is 0.504. The van der Waals surface area contributed by atoms with Crippen LogP contribution < -0.4 is 5.32 Å². The molecule has 0 aromatic carbocycles. The maximum absolute atomic E-state index is 4.64. The number of rotatable bonds is 9. The normalized spacial score (nSPS) is 11.5. The molecule has 0 bridgehead atoms. The maximum Gasteiger partial charge on any atom is 0.0628 e. The Labute approximate surface area is 118 Å². The summed E-state index contributed by atoms with van der Waals surface area (Å²) in [4.78, 5) is 0. The number of nitrogens with one attached hydrogen (secondary N) is 1. The fourth-order valence-corrected chi connectivity index (χ4v) is 2.59. The quantitative estimate of drug-likeness (QED) is 0.691. The van der Waals surface area contributed by atoms with Crippen LogP contribution in [-0.2, 0) is 13.0 Å². The fraction of sp³-hybridized carbons (Fsp3) is 0.812. The third-order valence-electron chi connectivity index (χ3n) is 3.73. The zero-order chi connectivity index (χ0) is 14.3. The molecule has 0 spiro atoms. The van der Waals surface area contributed by atoms with Gasteiger partial charge in [-0.25, -0.2) is 0 Å². The highest BCUT2D eigenvalue weighted by Crippen LogP contribution is 2.14. The van der Waals surface area contributed by atoms with Crippen molar-refractivity contribution < 1.29 is 0 Å². The highest BCUT2D eigenvalue weighted by molar-refractivity contribution is 5.24. The molecule has 0 saturated heterocycles. The van der Waals surface area contributed by atoms with Crippen LogP contribution in [0.2, 0.25) is 0 Å². The number of nitrogens with zero attached hydrogens (tertiary/aromatic N) is 2. The van der Waals surface area contributed by atoms with E-state index in [9.17, 15) is 0 Å². The summed E-state index contributed by atoms with van der Waals surface area (Å²) in [5.41, 5.74) is 4.00. The molecule has 1 aromatic heterocycles. The molecule has 0 fully saturated rings. The van der Waals surface area contributed by atoms with Crippen molar-refractivity contribution in [3.63, 3.8) is 0 Å². The van der Waals surface area contributed by atoms with E-state index in [0.29, 0.717) is 6.04 Å². The Morgan fingerprint density at radius 2 is 1.79 bits per heavy atom. The highest BCUT2D eigenvalue weighted by atomic mass is 15.3. The molecule has 3 heteroatoms. The molecular weight excluding hydrogens is 234 g/mol. The number of aryl methyl sites for hydroxylation is 2. The lowest BCUT2D eigenvalue weighted by Gasteiger charge is -2.08. The molecule has 1 heterocycles. The molecule has 0 amide bonds. The van der Waals surface area contributed by atoms with Crippen LogP contribution in [0.5, 0.6) is 0 Å². The zero-order valence-corrected chi connectivity index (χ0v) is 13.4. The molecule has 0 unspecified atom stereocenters. The molecule has 0 aliphatic heterocycles. The molecule has 0 aliphatic carbocycles. The molecule has 19 heavy (non-hydrogen) atoms. The Kier molecular flexibility index (Phi) is 7.14. The number of hydrogen-bond acceptors (Lipinski definition) is 2. The first kappa shape index (κ1) is 16.2. The van der Waals surface area contributed by atoms with Crippen molar-refractivity contribution in [1.82, 2.24) is 15.1 Å². The minimum absolute atomic E-state index is 0.613. The van der Waals surface area contributed by atoms with Crippen LogP contribution in [0.15, 0.2) is 0 Å². The third kappa shape index (κ3) is 5.35. The molecule has 1 N–H and O–H groups in total. The smallest absolute Gasteiger partial charge is 0.0628 e. The second-order valence-electron chi connectivity index (χ2n) is 5.75. The van der Waals surface area contributed by atoms with E-state index in [-0.39, 0.29) is 0 Å². The van der Waals surface area contributed by atoms with Crippen LogP contribution in [0.4, 0.5) is 0 Å². The highest BCUT2D eigenvalue weighted by Gasteiger charge is 2.08. The first-order valence-electron chi connectivity index (χ1n) is 7.82. The first-order chi connectivity index (χ1) is 9.06. The van der Waals surface area contributed by atoms with Crippen molar-refractivity contribution in [3.8, 4) is 0 Å². The van der Waals surface area contributed by atoms with Crippen molar-refractivity contribution >= 4 is 0 Å². The monoisotopic (exact) mass is 265 g/mol. The van der Waals surface area contributed by atoms with Gasteiger partial charge in [-0.3, -0.25) is 4.68 Å². The molecular formula is C16H31N3. The topological polar surface area (TPSA) is 29.9 Å². The van der Waals surface area contributed by atoms with Crippen molar-refractivity contribution in [1.29, 1.82) is 0 Å². The van der Waals surface area contributed by atoms with E-state index < -0.39 is 0 Å². The van der Waals surface area contributed by atoms with Gasteiger partial charge >= 0.3 is 0 Å². The largest absolute Gasteiger partial charge is 0.315 e. The summed E-state index contributed by atoms with van der Waals surface area (Å²) in [5, 5.41) is 8.11. The van der Waals surface area contributed by atoms with E-state index >= 15 is 0 Å². The van der Waals surface area contributed by atoms with Gasteiger partial charge in [0.15, 0.2) is 0 Å². The summed E-state index contributed by atoms with van der Waals surface area (Å²) in [6, 6.07) is 0.613. The van der Waals surface area contributed by atoms with Crippen molar-refractivity contribution in [2.45, 2.75) is 79.3 Å². The maximum atomic E-state index is 4.64. The van der Waals surface area contributed by atoms with Crippen LogP contribution in [-0.4, -0.2) is 22.4 Å². The predicted molar refractivity (Wildman–Crippen MR) is 82.7 cm³/mol. The van der Waals surface area contributed by atoms with Crippen molar-refractivity contribution in [3.05, 3.63) is 17.0 Å². The van der Waals surface area contributed by atoms with Crippen LogP contribution >= 0.6 is 0 Å². The Bertz CT molecular complexity index is 366. The molecule has 0 aliphatic rings. The molecule has 1 rings (SSSR count). The molecule has 0 saturated carbocycles. The van der Waals surface area contributed by atoms with E-state index in [4.69, 9.17) is 0 Å². The fourth-order valence-electron chi connectivity index (χ4n) is 2.59. The number of hydrogen-bond donors (Lipinski definition) is 1. The summed E-state index contributed by atoms with van der Waals surface area (Å²) in [6.07, 6.45) is 6.25. The summed E-state index contributed by atoms with van der Waals surface area (Å²) in [7, 11) is 0. The van der Waals surface area contributed by atoms with Gasteiger partial charge in [0.05, 0.1) is 5.69 Å². The minimum atomic E-state index is 0.613. The van der Waals surface area contributed by atoms with Gasteiger partial charge in [-0.2, -0.15) is 5.10 Å². The van der Waals surface area contributed by atoms with Gasteiger partial charge < -0.3 is 5.32 Å². The first-order valence-corrected chi connectivity index (χ1v) is 7.82. The predicted octanol–water partition coefficient (Wildman–Crippen LogP) is 3.62. The lowest BCUT2D eigenvalue weighted by Crippen LogP contribution is -2.23. The van der Waals surface area contributed by atoms with E-state index in [1.165, 1.54) is 42.6 Å². The Morgan fingerprint density at radius 1 is 1.11 bits per heavy atom. The molecule has 0 radical (unpaired) electrons. The second-order valence-corrected chi connectivity index (χ2v) is 5.75. The van der Waals surface area contributed by atoms with E-state index in [1.807, 2.05) is 0 Å². The molecule has 1 aromatic rings. The van der Waals surface area contributed by atoms with Crippen LogP contribution in [0.25, 0.3) is 0 Å². The van der Waals surface area contributed by atoms with Crippen molar-refractivity contribution in [2.24, 2.45) is 0 Å². The standard InChI is InChI=1S/C16H31N3/c1-6-16-14(4)18-19(15(16)5)12-10-8-7-9-11-17-13(2)3/h13,17H,6-12H2,1-5H3. The van der Waals surface area contributed by atoms with Crippen LogP contribution in [0.1, 0.15) is 63.4 Å². The number of aromatic nitrogens is 2. The van der Waals surface area contributed by atoms with Gasteiger partial charge in [0.2, 0.25) is 0 Å². The number of unbranched alkanes of at least 4 members (excludes halogenated alkanes) is 3. The summed E-state index contributed by atoms with van der Waals surface area (Å²) >= 11 is 0. The average molecular weight is 265 g/mol. The molecule has 0 atom stereocenters. The van der Waals surface area contributed by atoms with Gasteiger partial charge in [-0.15, -0.1) is 0 Å². The Hall–Kier alpha value is -0.830. The van der Waals surface area contributed by atoms with Crippen molar-refractivity contribution in [2.75, 3.05) is 6.54 Å². The van der Waals surface area contributed by atoms with Gasteiger partial charge in [0.1, 0.15) is 0 Å². The van der Waals surface area contributed by atoms with Gasteiger partial charge in [-0.05, 0) is 45.2 Å². The van der Waals surface area contributed by atoms with Crippen LogP contribution in [0, 0.1) is 13.8 Å². The van der Waals surface area contributed by atoms with E-state index in [2.05, 4.69) is 49.7 Å². The molecule has 110 valence electrons. The second kappa shape index (κ2) is 8.36. The summed E-state index contributed by atoms with van der Waals surface area (Å²) in [5.74, 6) is 0. The Balaban J connectivity index is 2.19. The van der Waals surface area contributed by atoms with Gasteiger partial charge in [0, 0.05) is 18.3 Å². The van der Waals surface area contributed by atoms with E-state index in [0.717, 1.165) is 19.5 Å². The third-order valence-corrected chi connectivity index (χ3v) is 3.73. The Morgan fingerprint density at radius 3 is 2.37 bits per heavy atom. The minimum Gasteiger partial charge on any atom is -0.315 e. The molecule has 3 nitrogen and oxygen atoms in total. The lowest BCUT2D eigenvalue weighted by atomic mass is 10.1. The van der Waals surface area contributed by atoms with E-state index in [1.54, 1.807) is 0 Å².